The van der Waals surface area contributed by atoms with Crippen molar-refractivity contribution in [1.82, 2.24) is 20.6 Å². The molecule has 4 rings (SSSR count). The average Bonchev–Trinajstić information content (AvgIpc) is 3.26. The first-order valence-corrected chi connectivity index (χ1v) is 10.7. The zero-order valence-corrected chi connectivity index (χ0v) is 17.6. The van der Waals surface area contributed by atoms with Crippen LogP contribution < -0.4 is 15.5 Å². The molecule has 2 heterocycles. The fourth-order valence-corrected chi connectivity index (χ4v) is 4.78. The molecule has 2 aromatic rings. The van der Waals surface area contributed by atoms with Crippen LogP contribution in [-0.2, 0) is 13.0 Å². The number of fused-ring (bicyclic) bond motifs is 2. The normalized spacial score (nSPS) is 20.7. The minimum absolute atomic E-state index is 0.482. The number of aromatic nitrogens is 2. The highest BCUT2D eigenvalue weighted by Crippen LogP contribution is 2.47. The Morgan fingerprint density at radius 2 is 2.07 bits per heavy atom. The summed E-state index contributed by atoms with van der Waals surface area (Å²) in [7, 11) is 2.04. The molecule has 0 spiro atoms. The van der Waals surface area contributed by atoms with E-state index >= 15 is 0 Å². The molecule has 0 fully saturated rings. The van der Waals surface area contributed by atoms with E-state index in [9.17, 15) is 0 Å². The van der Waals surface area contributed by atoms with Crippen LogP contribution in [0.2, 0.25) is 0 Å². The van der Waals surface area contributed by atoms with Crippen LogP contribution in [0, 0.1) is 0 Å². The quantitative estimate of drug-likeness (QED) is 0.765. The van der Waals surface area contributed by atoms with Crippen LogP contribution in [0.3, 0.4) is 0 Å². The van der Waals surface area contributed by atoms with Crippen molar-refractivity contribution >= 4 is 11.5 Å². The van der Waals surface area contributed by atoms with Gasteiger partial charge in [-0.05, 0) is 56.0 Å². The van der Waals surface area contributed by atoms with E-state index in [1.54, 1.807) is 6.33 Å². The highest BCUT2D eigenvalue weighted by atomic mass is 15.2. The SMILES string of the molecule is CNCCC1CN(c2ncnc3c2C(C)CC3)c2cccc(CNC(C)C)c21. The molecule has 0 amide bonds. The third kappa shape index (κ3) is 3.53. The first-order valence-electron chi connectivity index (χ1n) is 10.7. The minimum Gasteiger partial charge on any atom is -0.325 e. The Hall–Kier alpha value is -1.98. The highest BCUT2D eigenvalue weighted by molar-refractivity contribution is 5.73. The van der Waals surface area contributed by atoms with E-state index in [1.807, 2.05) is 7.05 Å². The number of rotatable bonds is 7. The third-order valence-electron chi connectivity index (χ3n) is 6.23. The van der Waals surface area contributed by atoms with Crippen LogP contribution in [0.1, 0.15) is 67.8 Å². The average molecular weight is 380 g/mol. The van der Waals surface area contributed by atoms with Crippen LogP contribution in [-0.4, -0.2) is 36.1 Å². The summed E-state index contributed by atoms with van der Waals surface area (Å²) >= 11 is 0. The predicted molar refractivity (Wildman–Crippen MR) is 115 cm³/mol. The number of nitrogens with one attached hydrogen (secondary N) is 2. The summed E-state index contributed by atoms with van der Waals surface area (Å²) in [6, 6.07) is 7.25. The van der Waals surface area contributed by atoms with E-state index in [-0.39, 0.29) is 0 Å². The number of hydrogen-bond acceptors (Lipinski definition) is 5. The zero-order chi connectivity index (χ0) is 19.7. The summed E-state index contributed by atoms with van der Waals surface area (Å²) < 4.78 is 0. The number of benzene rings is 1. The van der Waals surface area contributed by atoms with Crippen molar-refractivity contribution in [3.05, 3.63) is 46.9 Å². The number of aryl methyl sites for hydroxylation is 1. The van der Waals surface area contributed by atoms with Gasteiger partial charge < -0.3 is 15.5 Å². The van der Waals surface area contributed by atoms with Crippen LogP contribution in [0.5, 0.6) is 0 Å². The van der Waals surface area contributed by atoms with Gasteiger partial charge in [0.1, 0.15) is 12.1 Å². The topological polar surface area (TPSA) is 53.1 Å². The highest BCUT2D eigenvalue weighted by Gasteiger charge is 2.35. The van der Waals surface area contributed by atoms with Crippen LogP contribution in [0.25, 0.3) is 0 Å². The molecular formula is C23H33N5. The van der Waals surface area contributed by atoms with Crippen molar-refractivity contribution in [1.29, 1.82) is 0 Å². The molecule has 2 atom stereocenters. The smallest absolute Gasteiger partial charge is 0.140 e. The molecule has 0 radical (unpaired) electrons. The van der Waals surface area contributed by atoms with Crippen LogP contribution >= 0.6 is 0 Å². The van der Waals surface area contributed by atoms with Crippen LogP contribution in [0.4, 0.5) is 11.5 Å². The van der Waals surface area contributed by atoms with E-state index in [0.29, 0.717) is 17.9 Å². The van der Waals surface area contributed by atoms with E-state index < -0.39 is 0 Å². The van der Waals surface area contributed by atoms with Gasteiger partial charge in [-0.3, -0.25) is 0 Å². The van der Waals surface area contributed by atoms with Gasteiger partial charge in [-0.1, -0.05) is 32.9 Å². The molecule has 0 bridgehead atoms. The van der Waals surface area contributed by atoms with Gasteiger partial charge in [0.2, 0.25) is 0 Å². The first-order chi connectivity index (χ1) is 13.6. The summed E-state index contributed by atoms with van der Waals surface area (Å²) in [5.74, 6) is 2.20. The molecule has 5 heteroatoms. The van der Waals surface area contributed by atoms with Crippen molar-refractivity contribution in [2.75, 3.05) is 25.0 Å². The second-order valence-corrected chi connectivity index (χ2v) is 8.58. The maximum Gasteiger partial charge on any atom is 0.140 e. The van der Waals surface area contributed by atoms with Gasteiger partial charge in [-0.15, -0.1) is 0 Å². The van der Waals surface area contributed by atoms with Crippen molar-refractivity contribution in [2.45, 2.75) is 64.5 Å². The maximum atomic E-state index is 4.78. The van der Waals surface area contributed by atoms with Gasteiger partial charge in [-0.25, -0.2) is 9.97 Å². The number of hydrogen-bond donors (Lipinski definition) is 2. The summed E-state index contributed by atoms with van der Waals surface area (Å²) in [4.78, 5) is 11.8. The number of nitrogens with zero attached hydrogens (tertiary/aromatic N) is 3. The molecule has 1 aliphatic heterocycles. The largest absolute Gasteiger partial charge is 0.325 e. The Bertz CT molecular complexity index is 832. The molecule has 1 aliphatic carbocycles. The minimum atomic E-state index is 0.482. The van der Waals surface area contributed by atoms with Gasteiger partial charge >= 0.3 is 0 Å². The van der Waals surface area contributed by atoms with Gasteiger partial charge in [0.05, 0.1) is 0 Å². The van der Waals surface area contributed by atoms with Gasteiger partial charge in [0.15, 0.2) is 0 Å². The first kappa shape index (κ1) is 19.3. The second kappa shape index (κ2) is 8.18. The molecule has 5 nitrogen and oxygen atoms in total. The Balaban J connectivity index is 1.75. The second-order valence-electron chi connectivity index (χ2n) is 8.58. The van der Waals surface area contributed by atoms with Crippen molar-refractivity contribution in [3.63, 3.8) is 0 Å². The molecule has 0 saturated carbocycles. The molecule has 28 heavy (non-hydrogen) atoms. The van der Waals surface area contributed by atoms with E-state index in [1.165, 1.54) is 34.5 Å². The lowest BCUT2D eigenvalue weighted by molar-refractivity contribution is 0.576. The molecule has 1 aromatic carbocycles. The predicted octanol–water partition coefficient (Wildman–Crippen LogP) is 3.87. The lowest BCUT2D eigenvalue weighted by atomic mass is 9.93. The van der Waals surface area contributed by atoms with Gasteiger partial charge in [0.25, 0.3) is 0 Å². The zero-order valence-electron chi connectivity index (χ0n) is 17.6. The monoisotopic (exact) mass is 379 g/mol. The third-order valence-corrected chi connectivity index (χ3v) is 6.23. The fraction of sp³-hybridized carbons (Fsp3) is 0.565. The van der Waals surface area contributed by atoms with Gasteiger partial charge in [-0.2, -0.15) is 0 Å². The summed E-state index contributed by atoms with van der Waals surface area (Å²) in [5, 5.41) is 6.95. The van der Waals surface area contributed by atoms with Crippen molar-refractivity contribution < 1.29 is 0 Å². The van der Waals surface area contributed by atoms with Crippen LogP contribution in [0.15, 0.2) is 24.5 Å². The molecular weight excluding hydrogens is 346 g/mol. The van der Waals surface area contributed by atoms with Gasteiger partial charge in [0, 0.05) is 42.0 Å². The number of anilines is 2. The lowest BCUT2D eigenvalue weighted by Gasteiger charge is -2.23. The van der Waals surface area contributed by atoms with E-state index in [0.717, 1.165) is 38.3 Å². The fourth-order valence-electron chi connectivity index (χ4n) is 4.78. The molecule has 2 unspecified atom stereocenters. The lowest BCUT2D eigenvalue weighted by Crippen LogP contribution is -2.23. The Kier molecular flexibility index (Phi) is 5.65. The van der Waals surface area contributed by atoms with E-state index in [2.05, 4.69) is 59.5 Å². The maximum absolute atomic E-state index is 4.78. The molecule has 2 N–H and O–H groups in total. The van der Waals surface area contributed by atoms with Crippen molar-refractivity contribution in [3.8, 4) is 0 Å². The molecule has 1 aromatic heterocycles. The summed E-state index contributed by atoms with van der Waals surface area (Å²) in [5.41, 5.74) is 6.88. The standard InChI is InChI=1S/C23H33N5/c1-15(2)25-12-17-6-5-7-20-22(17)18(10-11-24-4)13-28(20)23-21-16(3)8-9-19(21)26-14-27-23/h5-7,14-16,18,24-25H,8-13H2,1-4H3. The molecule has 150 valence electrons. The van der Waals surface area contributed by atoms with E-state index in [4.69, 9.17) is 4.98 Å². The Morgan fingerprint density at radius 3 is 2.86 bits per heavy atom. The summed E-state index contributed by atoms with van der Waals surface area (Å²) in [6.45, 7) is 9.69. The summed E-state index contributed by atoms with van der Waals surface area (Å²) in [6.07, 6.45) is 5.16. The molecule has 2 aliphatic rings. The van der Waals surface area contributed by atoms with Crippen molar-refractivity contribution in [2.24, 2.45) is 0 Å². The molecule has 0 saturated heterocycles. The Morgan fingerprint density at radius 1 is 1.21 bits per heavy atom. The Labute approximate surface area is 169 Å².